The number of nitrogens with zero attached hydrogens (tertiary/aromatic N) is 3. The van der Waals surface area contributed by atoms with Crippen LogP contribution in [0.1, 0.15) is 32.4 Å². The maximum absolute atomic E-state index is 5.94. The van der Waals surface area contributed by atoms with Gasteiger partial charge in [0.15, 0.2) is 10.3 Å². The first kappa shape index (κ1) is 18.1. The van der Waals surface area contributed by atoms with Gasteiger partial charge in [-0.15, -0.1) is 0 Å². The van der Waals surface area contributed by atoms with Crippen molar-refractivity contribution < 1.29 is 0 Å². The van der Waals surface area contributed by atoms with E-state index in [1.807, 2.05) is 18.5 Å². The summed E-state index contributed by atoms with van der Waals surface area (Å²) in [5.74, 6) is 0. The van der Waals surface area contributed by atoms with Crippen LogP contribution >= 0.6 is 23.1 Å². The lowest BCUT2D eigenvalue weighted by Gasteiger charge is -2.15. The molecule has 0 fully saturated rings. The van der Waals surface area contributed by atoms with Crippen LogP contribution in [0.4, 0.5) is 5.13 Å². The molecule has 0 saturated carbocycles. The van der Waals surface area contributed by atoms with Crippen LogP contribution in [0.3, 0.4) is 0 Å². The fraction of sp³-hybridized carbons (Fsp3) is 0.389. The van der Waals surface area contributed by atoms with Crippen LogP contribution in [0.5, 0.6) is 0 Å². The van der Waals surface area contributed by atoms with Crippen LogP contribution in [-0.2, 0) is 0 Å². The van der Waals surface area contributed by atoms with Gasteiger partial charge >= 0.3 is 0 Å². The molecular weight excluding hydrogens is 350 g/mol. The van der Waals surface area contributed by atoms with Gasteiger partial charge in [-0.25, -0.2) is 15.0 Å². The van der Waals surface area contributed by atoms with E-state index in [4.69, 9.17) is 10.7 Å². The lowest BCUT2D eigenvalue weighted by molar-refractivity contribution is 0.896. The molecule has 0 radical (unpaired) electrons. The Kier molecular flexibility index (Phi) is 5.88. The smallest absolute Gasteiger partial charge is 0.188 e. The van der Waals surface area contributed by atoms with Gasteiger partial charge < -0.3 is 11.1 Å². The van der Waals surface area contributed by atoms with Gasteiger partial charge in [0, 0.05) is 24.4 Å². The molecule has 0 bridgehead atoms. The van der Waals surface area contributed by atoms with E-state index in [9.17, 15) is 0 Å². The number of hydrogen-bond donors (Lipinski definition) is 2. The van der Waals surface area contributed by atoms with E-state index in [2.05, 4.69) is 41.3 Å². The lowest BCUT2D eigenvalue weighted by atomic mass is 9.95. The maximum Gasteiger partial charge on any atom is 0.188 e. The largest absolute Gasteiger partial charge is 0.359 e. The minimum atomic E-state index is 0.353. The molecule has 1 aliphatic carbocycles. The Morgan fingerprint density at radius 2 is 2.12 bits per heavy atom. The second kappa shape index (κ2) is 8.12. The van der Waals surface area contributed by atoms with Crippen molar-refractivity contribution in [3.05, 3.63) is 35.7 Å². The van der Waals surface area contributed by atoms with E-state index in [-0.39, 0.29) is 0 Å². The number of aromatic nitrogens is 3. The molecule has 0 spiro atoms. The van der Waals surface area contributed by atoms with Gasteiger partial charge in [-0.05, 0) is 44.6 Å². The molecule has 7 heteroatoms. The molecule has 0 aliphatic heterocycles. The number of thiazole rings is 1. The molecule has 25 heavy (non-hydrogen) atoms. The highest BCUT2D eigenvalue weighted by Gasteiger charge is 2.15. The zero-order valence-electron chi connectivity index (χ0n) is 14.7. The number of allylic oxidation sites excluding steroid dienone is 3. The van der Waals surface area contributed by atoms with Gasteiger partial charge in [0.05, 0.1) is 16.3 Å². The minimum Gasteiger partial charge on any atom is -0.359 e. The first-order chi connectivity index (χ1) is 12.1. The van der Waals surface area contributed by atoms with Gasteiger partial charge in [0.2, 0.25) is 0 Å². The van der Waals surface area contributed by atoms with Gasteiger partial charge in [-0.1, -0.05) is 35.3 Å². The second-order valence-corrected chi connectivity index (χ2v) is 7.92. The topological polar surface area (TPSA) is 76.7 Å². The molecule has 0 aromatic carbocycles. The number of nitrogens with two attached hydrogens (primary N) is 1. The fourth-order valence-electron chi connectivity index (χ4n) is 2.68. The van der Waals surface area contributed by atoms with Crippen molar-refractivity contribution in [3.8, 4) is 10.6 Å². The standard InChI is InChI=1S/C18H23N5S2/c1-11(2)21-17-20-10-16(25-17)15-8-14(22-18(23-15)24-3)13-7-5-4-6-12(13)9-19/h5,7-8,10-11H,4,6,9,19H2,1-3H3,(H,20,21). The predicted octanol–water partition coefficient (Wildman–Crippen LogP) is 4.20. The Balaban J connectivity index is 2.02. The SMILES string of the molecule is CSc1nc(C2=C(CN)CCC=C2)cc(-c2cnc(NC(C)C)s2)n1. The summed E-state index contributed by atoms with van der Waals surface area (Å²) in [5, 5.41) is 5.02. The third kappa shape index (κ3) is 4.29. The van der Waals surface area contributed by atoms with E-state index in [1.54, 1.807) is 23.1 Å². The van der Waals surface area contributed by atoms with Crippen molar-refractivity contribution in [2.75, 3.05) is 18.1 Å². The molecule has 3 rings (SSSR count). The molecule has 0 atom stereocenters. The third-order valence-corrected chi connectivity index (χ3v) is 5.36. The maximum atomic E-state index is 5.94. The quantitative estimate of drug-likeness (QED) is 0.584. The van der Waals surface area contributed by atoms with Crippen LogP contribution in [-0.4, -0.2) is 33.8 Å². The summed E-state index contributed by atoms with van der Waals surface area (Å²) < 4.78 is 0. The fourth-order valence-corrected chi connectivity index (χ4v) is 3.98. The zero-order valence-corrected chi connectivity index (χ0v) is 16.4. The molecule has 132 valence electrons. The number of anilines is 1. The van der Waals surface area contributed by atoms with Crippen LogP contribution < -0.4 is 11.1 Å². The first-order valence-corrected chi connectivity index (χ1v) is 10.4. The third-order valence-electron chi connectivity index (χ3n) is 3.86. The van der Waals surface area contributed by atoms with Crippen molar-refractivity contribution >= 4 is 33.8 Å². The van der Waals surface area contributed by atoms with E-state index in [0.29, 0.717) is 12.6 Å². The monoisotopic (exact) mass is 373 g/mol. The van der Waals surface area contributed by atoms with Gasteiger partial charge in [-0.2, -0.15) is 0 Å². The summed E-state index contributed by atoms with van der Waals surface area (Å²) in [7, 11) is 0. The van der Waals surface area contributed by atoms with Crippen molar-refractivity contribution in [1.82, 2.24) is 15.0 Å². The van der Waals surface area contributed by atoms with E-state index in [1.165, 1.54) is 5.57 Å². The van der Waals surface area contributed by atoms with Crippen LogP contribution in [0, 0.1) is 0 Å². The highest BCUT2D eigenvalue weighted by Crippen LogP contribution is 2.33. The predicted molar refractivity (Wildman–Crippen MR) is 108 cm³/mol. The molecule has 2 aromatic rings. The average Bonchev–Trinajstić information content (AvgIpc) is 3.09. The second-order valence-electron chi connectivity index (χ2n) is 6.12. The first-order valence-electron chi connectivity index (χ1n) is 8.35. The number of nitrogens with one attached hydrogen (secondary N) is 1. The summed E-state index contributed by atoms with van der Waals surface area (Å²) in [6.45, 7) is 4.77. The summed E-state index contributed by atoms with van der Waals surface area (Å²) in [6, 6.07) is 2.40. The average molecular weight is 374 g/mol. The van der Waals surface area contributed by atoms with Crippen LogP contribution in [0.15, 0.2) is 35.1 Å². The number of rotatable bonds is 6. The van der Waals surface area contributed by atoms with Crippen LogP contribution in [0.2, 0.25) is 0 Å². The molecule has 0 unspecified atom stereocenters. The van der Waals surface area contributed by atoms with Crippen molar-refractivity contribution in [3.63, 3.8) is 0 Å². The van der Waals surface area contributed by atoms with Gasteiger partial charge in [0.1, 0.15) is 0 Å². The normalized spacial score (nSPS) is 14.4. The lowest BCUT2D eigenvalue weighted by Crippen LogP contribution is -2.08. The Labute approximate surface area is 156 Å². The van der Waals surface area contributed by atoms with Crippen molar-refractivity contribution in [2.45, 2.75) is 37.9 Å². The van der Waals surface area contributed by atoms with E-state index < -0.39 is 0 Å². The van der Waals surface area contributed by atoms with Gasteiger partial charge in [-0.3, -0.25) is 0 Å². The molecule has 0 saturated heterocycles. The van der Waals surface area contributed by atoms with Crippen molar-refractivity contribution in [2.24, 2.45) is 5.73 Å². The highest BCUT2D eigenvalue weighted by molar-refractivity contribution is 7.98. The Morgan fingerprint density at radius 1 is 1.32 bits per heavy atom. The van der Waals surface area contributed by atoms with E-state index in [0.717, 1.165) is 45.0 Å². The Bertz CT molecular complexity index is 808. The van der Waals surface area contributed by atoms with Crippen molar-refractivity contribution in [1.29, 1.82) is 0 Å². The summed E-state index contributed by atoms with van der Waals surface area (Å²) in [6.07, 6.45) is 10.2. The Hall–Kier alpha value is -1.70. The molecular formula is C18H23N5S2. The molecule has 2 heterocycles. The number of thioether (sulfide) groups is 1. The van der Waals surface area contributed by atoms with Crippen LogP contribution in [0.25, 0.3) is 16.1 Å². The summed E-state index contributed by atoms with van der Waals surface area (Å²) in [5.41, 5.74) is 10.2. The molecule has 1 aliphatic rings. The zero-order chi connectivity index (χ0) is 17.8. The molecule has 5 nitrogen and oxygen atoms in total. The highest BCUT2D eigenvalue weighted by atomic mass is 32.2. The Morgan fingerprint density at radius 3 is 2.84 bits per heavy atom. The number of hydrogen-bond acceptors (Lipinski definition) is 7. The van der Waals surface area contributed by atoms with Gasteiger partial charge in [0.25, 0.3) is 0 Å². The van der Waals surface area contributed by atoms with E-state index >= 15 is 0 Å². The molecule has 0 amide bonds. The summed E-state index contributed by atoms with van der Waals surface area (Å²) in [4.78, 5) is 14.9. The summed E-state index contributed by atoms with van der Waals surface area (Å²) >= 11 is 3.17. The molecule has 2 aromatic heterocycles. The molecule has 3 N–H and O–H groups in total. The minimum absolute atomic E-state index is 0.353.